The molecule has 76 heavy (non-hydrogen) atoms. The fourth-order valence-corrected chi connectivity index (χ4v) is 9.01. The number of esters is 3. The highest BCUT2D eigenvalue weighted by Gasteiger charge is 2.19. The van der Waals surface area contributed by atoms with Crippen LogP contribution in [0.2, 0.25) is 0 Å². The first-order valence-corrected chi connectivity index (χ1v) is 32.2. The number of carbonyl (C=O) groups is 3. The molecule has 0 amide bonds. The summed E-state index contributed by atoms with van der Waals surface area (Å²) in [6.07, 6.45) is 85.5. The quantitative estimate of drug-likeness (QED) is 0.0261. The molecular formula is C70H120O6. The lowest BCUT2D eigenvalue weighted by Crippen LogP contribution is -2.30. The molecule has 0 rings (SSSR count). The SMILES string of the molecule is CC/C=C\C/C=C\C/C=C\C/C=C\C/C=C\C/C=C\CCCCCCC(=O)OCC(COC(=O)CCCCCCCCCCCCCCCC)OC(=O)CCCCCCCCCCC/C=C\C/C=C\CCCCCCC. The minimum absolute atomic E-state index is 0.0853. The van der Waals surface area contributed by atoms with Crippen molar-refractivity contribution >= 4 is 17.9 Å². The topological polar surface area (TPSA) is 78.9 Å². The van der Waals surface area contributed by atoms with E-state index in [1.807, 2.05) is 0 Å². The van der Waals surface area contributed by atoms with Crippen molar-refractivity contribution in [1.82, 2.24) is 0 Å². The van der Waals surface area contributed by atoms with Crippen LogP contribution in [0.3, 0.4) is 0 Å². The van der Waals surface area contributed by atoms with Gasteiger partial charge in [0.1, 0.15) is 13.2 Å². The van der Waals surface area contributed by atoms with E-state index in [0.29, 0.717) is 19.3 Å². The largest absolute Gasteiger partial charge is 0.462 e. The normalized spacial score (nSPS) is 12.7. The molecule has 0 aliphatic rings. The predicted molar refractivity (Wildman–Crippen MR) is 330 cm³/mol. The minimum atomic E-state index is -0.791. The van der Waals surface area contributed by atoms with Crippen LogP contribution < -0.4 is 0 Å². The molecule has 0 N–H and O–H groups in total. The second kappa shape index (κ2) is 63.9. The highest BCUT2D eigenvalue weighted by Crippen LogP contribution is 2.16. The van der Waals surface area contributed by atoms with Gasteiger partial charge in [0, 0.05) is 19.3 Å². The Labute approximate surface area is 470 Å². The second-order valence-electron chi connectivity index (χ2n) is 21.3. The summed E-state index contributed by atoms with van der Waals surface area (Å²) in [6.45, 7) is 6.52. The van der Waals surface area contributed by atoms with Gasteiger partial charge < -0.3 is 14.2 Å². The van der Waals surface area contributed by atoms with Crippen molar-refractivity contribution in [3.8, 4) is 0 Å². The molecule has 1 unspecified atom stereocenters. The van der Waals surface area contributed by atoms with Crippen molar-refractivity contribution in [2.45, 2.75) is 316 Å². The number of hydrogen-bond donors (Lipinski definition) is 0. The third-order valence-electron chi connectivity index (χ3n) is 13.8. The number of unbranched alkanes of at least 4 members (excludes halogenated alkanes) is 31. The third-order valence-corrected chi connectivity index (χ3v) is 13.8. The maximum Gasteiger partial charge on any atom is 0.306 e. The summed E-state index contributed by atoms with van der Waals surface area (Å²) in [5, 5.41) is 0. The van der Waals surface area contributed by atoms with Gasteiger partial charge in [-0.2, -0.15) is 0 Å². The van der Waals surface area contributed by atoms with E-state index in [1.165, 1.54) is 154 Å². The second-order valence-corrected chi connectivity index (χ2v) is 21.3. The summed E-state index contributed by atoms with van der Waals surface area (Å²) in [6, 6.07) is 0. The Kier molecular flexibility index (Phi) is 60.8. The number of carbonyl (C=O) groups excluding carboxylic acids is 3. The molecule has 0 aliphatic heterocycles. The molecule has 0 spiro atoms. The summed E-state index contributed by atoms with van der Waals surface area (Å²) in [7, 11) is 0. The summed E-state index contributed by atoms with van der Waals surface area (Å²) in [5.41, 5.74) is 0. The van der Waals surface area contributed by atoms with Crippen molar-refractivity contribution < 1.29 is 28.6 Å². The van der Waals surface area contributed by atoms with E-state index >= 15 is 0 Å². The molecule has 0 aromatic rings. The van der Waals surface area contributed by atoms with Crippen LogP contribution in [0.25, 0.3) is 0 Å². The molecule has 0 aromatic carbocycles. The van der Waals surface area contributed by atoms with Crippen molar-refractivity contribution in [3.63, 3.8) is 0 Å². The molecule has 0 aliphatic carbocycles. The summed E-state index contributed by atoms with van der Waals surface area (Å²) >= 11 is 0. The Morgan fingerprint density at radius 3 is 0.803 bits per heavy atom. The molecule has 1 atom stereocenters. The number of ether oxygens (including phenoxy) is 3. The van der Waals surface area contributed by atoms with Crippen LogP contribution in [0.5, 0.6) is 0 Å². The van der Waals surface area contributed by atoms with Gasteiger partial charge in [-0.05, 0) is 103 Å². The lowest BCUT2D eigenvalue weighted by Gasteiger charge is -2.18. The van der Waals surface area contributed by atoms with Gasteiger partial charge in [0.05, 0.1) is 0 Å². The average molecular weight is 1060 g/mol. The van der Waals surface area contributed by atoms with E-state index in [2.05, 4.69) is 118 Å². The highest BCUT2D eigenvalue weighted by atomic mass is 16.6. The Bertz CT molecular complexity index is 1490. The predicted octanol–water partition coefficient (Wildman–Crippen LogP) is 22.0. The molecule has 6 nitrogen and oxygen atoms in total. The fraction of sp³-hybridized carbons (Fsp3) is 0.729. The van der Waals surface area contributed by atoms with Crippen LogP contribution in [0.1, 0.15) is 310 Å². The zero-order chi connectivity index (χ0) is 55.0. The first kappa shape index (κ1) is 72.3. The number of rotatable bonds is 58. The molecule has 0 saturated carbocycles. The molecule has 0 saturated heterocycles. The van der Waals surface area contributed by atoms with E-state index < -0.39 is 6.10 Å². The molecule has 6 heteroatoms. The van der Waals surface area contributed by atoms with E-state index in [0.717, 1.165) is 116 Å². The third kappa shape index (κ3) is 61.2. The molecule has 0 aromatic heterocycles. The van der Waals surface area contributed by atoms with Gasteiger partial charge >= 0.3 is 17.9 Å². The van der Waals surface area contributed by atoms with Gasteiger partial charge in [0.2, 0.25) is 0 Å². The van der Waals surface area contributed by atoms with Gasteiger partial charge in [-0.3, -0.25) is 14.4 Å². The molecular weight excluding hydrogens is 937 g/mol. The number of hydrogen-bond acceptors (Lipinski definition) is 6. The Hall–Kier alpha value is -3.67. The van der Waals surface area contributed by atoms with Crippen LogP contribution in [0.15, 0.2) is 97.2 Å². The fourth-order valence-electron chi connectivity index (χ4n) is 9.01. The van der Waals surface area contributed by atoms with E-state index in [4.69, 9.17) is 14.2 Å². The lowest BCUT2D eigenvalue weighted by atomic mass is 10.0. The van der Waals surface area contributed by atoms with Crippen molar-refractivity contribution in [1.29, 1.82) is 0 Å². The van der Waals surface area contributed by atoms with E-state index in [1.54, 1.807) is 0 Å². The summed E-state index contributed by atoms with van der Waals surface area (Å²) in [5.74, 6) is -0.904. The van der Waals surface area contributed by atoms with Gasteiger partial charge in [-0.1, -0.05) is 285 Å². The standard InChI is InChI=1S/C70H120O6/c1-4-7-10-13-16-19-22-25-28-30-32-34-35-37-38-40-42-45-48-51-54-57-60-63-69(72)75-66-67(65-74-68(71)62-59-56-53-50-47-44-27-24-21-18-15-12-9-6-3)76-70(73)64-61-58-55-52-49-46-43-41-39-36-33-31-29-26-23-20-17-14-11-8-5-2/h7,10,16,19,23,25-26,28,31-34,37-38,42,45,67H,4-6,8-9,11-15,17-18,20-22,24,27,29-30,35-36,39-41,43-44,46-66H2,1-3H3/b10-7-,19-16-,26-23-,28-25-,33-31-,34-32-,38-37-,45-42-. The number of allylic oxidation sites excluding steroid dienone is 16. The molecule has 0 radical (unpaired) electrons. The lowest BCUT2D eigenvalue weighted by molar-refractivity contribution is -0.167. The monoisotopic (exact) mass is 1060 g/mol. The Morgan fingerprint density at radius 1 is 0.276 bits per heavy atom. The van der Waals surface area contributed by atoms with Crippen LogP contribution in [-0.4, -0.2) is 37.2 Å². The smallest absolute Gasteiger partial charge is 0.306 e. The highest BCUT2D eigenvalue weighted by molar-refractivity contribution is 5.71. The maximum atomic E-state index is 12.9. The van der Waals surface area contributed by atoms with Gasteiger partial charge in [-0.15, -0.1) is 0 Å². The first-order valence-electron chi connectivity index (χ1n) is 32.2. The van der Waals surface area contributed by atoms with E-state index in [9.17, 15) is 14.4 Å². The van der Waals surface area contributed by atoms with Crippen LogP contribution >= 0.6 is 0 Å². The molecule has 0 heterocycles. The first-order chi connectivity index (χ1) is 37.5. The summed E-state index contributed by atoms with van der Waals surface area (Å²) in [4.78, 5) is 38.3. The van der Waals surface area contributed by atoms with Crippen molar-refractivity contribution in [2.75, 3.05) is 13.2 Å². The molecule has 436 valence electrons. The average Bonchev–Trinajstić information content (AvgIpc) is 3.42. The van der Waals surface area contributed by atoms with Gasteiger partial charge in [0.15, 0.2) is 6.10 Å². The zero-order valence-corrected chi connectivity index (χ0v) is 50.0. The summed E-state index contributed by atoms with van der Waals surface area (Å²) < 4.78 is 16.9. The van der Waals surface area contributed by atoms with Crippen LogP contribution in [-0.2, 0) is 28.6 Å². The Balaban J connectivity index is 4.41. The minimum Gasteiger partial charge on any atom is -0.462 e. The molecule has 0 fully saturated rings. The maximum absolute atomic E-state index is 12.9. The molecule has 0 bridgehead atoms. The van der Waals surface area contributed by atoms with Crippen LogP contribution in [0, 0.1) is 0 Å². The van der Waals surface area contributed by atoms with Crippen molar-refractivity contribution in [2.24, 2.45) is 0 Å². The zero-order valence-electron chi connectivity index (χ0n) is 50.0. The Morgan fingerprint density at radius 2 is 0.513 bits per heavy atom. The van der Waals surface area contributed by atoms with Crippen LogP contribution in [0.4, 0.5) is 0 Å². The van der Waals surface area contributed by atoms with E-state index in [-0.39, 0.29) is 31.1 Å². The van der Waals surface area contributed by atoms with Crippen molar-refractivity contribution in [3.05, 3.63) is 97.2 Å². The van der Waals surface area contributed by atoms with Gasteiger partial charge in [-0.25, -0.2) is 0 Å². The van der Waals surface area contributed by atoms with Gasteiger partial charge in [0.25, 0.3) is 0 Å².